The summed E-state index contributed by atoms with van der Waals surface area (Å²) < 4.78 is 16.5. The van der Waals surface area contributed by atoms with E-state index in [-0.39, 0.29) is 0 Å². The molecule has 6 bridgehead atoms. The normalized spacial score (nSPS) is 12.7. The van der Waals surface area contributed by atoms with Gasteiger partial charge in [-0.25, -0.2) is 0 Å². The summed E-state index contributed by atoms with van der Waals surface area (Å²) in [5.41, 5.74) is 14.1. The van der Waals surface area contributed by atoms with Crippen molar-refractivity contribution in [1.29, 1.82) is 0 Å². The first-order valence-electron chi connectivity index (χ1n) is 17.3. The van der Waals surface area contributed by atoms with Gasteiger partial charge in [-0.05, 0) is 0 Å². The van der Waals surface area contributed by atoms with Crippen LogP contribution in [-0.4, -0.2) is 49.0 Å². The van der Waals surface area contributed by atoms with Gasteiger partial charge in [-0.2, -0.15) is 0 Å². The fraction of sp³-hybridized carbons (Fsp3) is 0.0435. The number of fused-ring (bicyclic) bond motifs is 5. The van der Waals surface area contributed by atoms with E-state index >= 15 is 0 Å². The molecule has 0 atom stereocenters. The van der Waals surface area contributed by atoms with Crippen molar-refractivity contribution in [2.45, 2.75) is 0 Å². The van der Waals surface area contributed by atoms with Crippen molar-refractivity contribution >= 4 is 51.6 Å². The van der Waals surface area contributed by atoms with Gasteiger partial charge in [0, 0.05) is 0 Å². The van der Waals surface area contributed by atoms with Gasteiger partial charge < -0.3 is 0 Å². The van der Waals surface area contributed by atoms with Crippen LogP contribution in [0.4, 0.5) is 0 Å². The van der Waals surface area contributed by atoms with E-state index in [2.05, 4.69) is 142 Å². The van der Waals surface area contributed by atoms with Crippen LogP contribution in [0.1, 0.15) is 31.7 Å². The van der Waals surface area contributed by atoms with Gasteiger partial charge in [-0.3, -0.25) is 0 Å². The molecule has 0 saturated heterocycles. The first kappa shape index (κ1) is 30.9. The van der Waals surface area contributed by atoms with Gasteiger partial charge >= 0.3 is 312 Å². The molecule has 250 valence electrons. The Balaban J connectivity index is 1.40. The molecule has 0 radical (unpaired) electrons. The van der Waals surface area contributed by atoms with Crippen LogP contribution in [-0.2, 0) is 0 Å². The van der Waals surface area contributed by atoms with Crippen LogP contribution in [0, 0.1) is 0 Å². The molecule has 6 heterocycles. The Hall–Kier alpha value is -5.93. The van der Waals surface area contributed by atoms with Crippen molar-refractivity contribution < 1.29 is 9.47 Å². The summed E-state index contributed by atoms with van der Waals surface area (Å²) in [4.78, 5) is 7.83. The minimum atomic E-state index is -0.806. The van der Waals surface area contributed by atoms with E-state index < -0.39 is 20.4 Å². The quantitative estimate of drug-likeness (QED) is 0.175. The molecule has 0 unspecified atom stereocenters. The Bertz CT molecular complexity index is 2950. The number of aromatic nitrogens is 3. The van der Waals surface area contributed by atoms with E-state index in [1.165, 1.54) is 40.3 Å². The number of hydrogen-bond donors (Lipinski definition) is 2. The van der Waals surface area contributed by atoms with E-state index in [1.807, 2.05) is 24.3 Å². The molecule has 0 amide bonds. The Morgan fingerprint density at radius 2 is 1.04 bits per heavy atom. The molecule has 4 aromatic carbocycles. The van der Waals surface area contributed by atoms with Gasteiger partial charge in [0.05, 0.1) is 0 Å². The third-order valence-corrected chi connectivity index (χ3v) is 13.5. The minimum absolute atomic E-state index is 0.806. The number of nitrogens with one attached hydrogen (secondary N) is 2. The zero-order chi connectivity index (χ0) is 34.8. The average Bonchev–Trinajstić information content (AvgIpc) is 4.04. The predicted octanol–water partition coefficient (Wildman–Crippen LogP) is 7.26. The van der Waals surface area contributed by atoms with Gasteiger partial charge in [0.25, 0.3) is 0 Å². The second-order valence-electron chi connectivity index (χ2n) is 13.0. The fourth-order valence-electron chi connectivity index (χ4n) is 7.76. The van der Waals surface area contributed by atoms with Crippen molar-refractivity contribution in [2.75, 3.05) is 14.2 Å². The summed E-state index contributed by atoms with van der Waals surface area (Å²) in [5.74, 6) is 1.66. The Kier molecular flexibility index (Phi) is 7.35. The molecular formula is C46H33N3O2Te. The van der Waals surface area contributed by atoms with Gasteiger partial charge in [0.2, 0.25) is 0 Å². The van der Waals surface area contributed by atoms with Gasteiger partial charge in [-0.15, -0.1) is 0 Å². The van der Waals surface area contributed by atoms with E-state index in [4.69, 9.17) is 9.47 Å². The van der Waals surface area contributed by atoms with Crippen molar-refractivity contribution in [3.05, 3.63) is 199 Å². The molecule has 9 aromatic rings. The zero-order valence-electron chi connectivity index (χ0n) is 28.6. The standard InChI is InChI=1S/C46H33N3O2Te/c1-50-32-17-13-30(14-18-32)42-34-21-23-36(47-34)43(31-15-19-33(51-2)20-16-31)38-25-26-39-45(29-11-7-4-8-12-29)46-40(49(38)39)27-41(52-46)44(28-9-5-3-6-10-28)37-24-22-35(42)48-37/h3-27,47-48H,1-2H3. The molecule has 52 heavy (non-hydrogen) atoms. The number of benzene rings is 4. The summed E-state index contributed by atoms with van der Waals surface area (Å²) in [5, 5.41) is 3.32. The van der Waals surface area contributed by atoms with Crippen molar-refractivity contribution in [1.82, 2.24) is 14.4 Å². The SMILES string of the molecule is COc1ccc(C2=c3ccc([nH]3)=C(c3ccccc3)c3cc4c([te]3)c(-c3ccccc3)c3ccc(n34)=C(c3ccc(OC)cc3)c3ccc2[nH]3)cc1. The van der Waals surface area contributed by atoms with Gasteiger partial charge in [0.15, 0.2) is 0 Å². The number of ether oxygens (including phenoxy) is 2. The van der Waals surface area contributed by atoms with E-state index in [0.717, 1.165) is 61.2 Å². The molecule has 2 N–H and O–H groups in total. The van der Waals surface area contributed by atoms with Crippen LogP contribution in [0.5, 0.6) is 11.5 Å². The summed E-state index contributed by atoms with van der Waals surface area (Å²) in [6.45, 7) is 0. The average molecular weight is 787 g/mol. The molecule has 0 saturated carbocycles. The summed E-state index contributed by atoms with van der Waals surface area (Å²) in [6.07, 6.45) is 0. The molecule has 6 heteroatoms. The van der Waals surface area contributed by atoms with Crippen LogP contribution >= 0.6 is 0 Å². The molecule has 0 fully saturated rings. The van der Waals surface area contributed by atoms with Gasteiger partial charge in [0.1, 0.15) is 0 Å². The summed E-state index contributed by atoms with van der Waals surface area (Å²) in [6, 6.07) is 54.6. The van der Waals surface area contributed by atoms with Crippen LogP contribution < -0.4 is 25.5 Å². The van der Waals surface area contributed by atoms with Crippen LogP contribution in [0.3, 0.4) is 0 Å². The number of rotatable bonds is 6. The van der Waals surface area contributed by atoms with E-state index in [0.29, 0.717) is 0 Å². The van der Waals surface area contributed by atoms with Crippen molar-refractivity contribution in [2.24, 2.45) is 0 Å². The number of nitrogens with zero attached hydrogens (tertiary/aromatic N) is 1. The molecule has 1 aliphatic heterocycles. The Morgan fingerprint density at radius 3 is 1.67 bits per heavy atom. The van der Waals surface area contributed by atoms with E-state index in [1.54, 1.807) is 14.2 Å². The number of methoxy groups -OCH3 is 2. The maximum absolute atomic E-state index is 5.59. The topological polar surface area (TPSA) is 54.4 Å². The maximum atomic E-state index is 5.59. The predicted molar refractivity (Wildman–Crippen MR) is 211 cm³/mol. The van der Waals surface area contributed by atoms with Crippen molar-refractivity contribution in [3.8, 4) is 22.6 Å². The number of H-pyrrole nitrogens is 2. The molecule has 10 rings (SSSR count). The van der Waals surface area contributed by atoms with Crippen LogP contribution in [0.2, 0.25) is 0 Å². The summed E-state index contributed by atoms with van der Waals surface area (Å²) >= 11 is -0.806. The first-order valence-corrected chi connectivity index (χ1v) is 19.7. The number of hydrogen-bond acceptors (Lipinski definition) is 2. The van der Waals surface area contributed by atoms with Crippen LogP contribution in [0.25, 0.3) is 42.3 Å². The molecular weight excluding hydrogens is 754 g/mol. The van der Waals surface area contributed by atoms with Crippen LogP contribution in [0.15, 0.2) is 152 Å². The van der Waals surface area contributed by atoms with Crippen molar-refractivity contribution in [3.63, 3.8) is 0 Å². The second-order valence-corrected chi connectivity index (χ2v) is 16.0. The Labute approximate surface area is 310 Å². The first-order chi connectivity index (χ1) is 25.7. The molecule has 0 aliphatic carbocycles. The number of aromatic amines is 2. The van der Waals surface area contributed by atoms with Gasteiger partial charge in [-0.1, -0.05) is 0 Å². The molecule has 0 spiro atoms. The third kappa shape index (κ3) is 4.91. The molecule has 5 nitrogen and oxygen atoms in total. The molecule has 1 aliphatic rings. The molecule has 5 aromatic heterocycles. The monoisotopic (exact) mass is 789 g/mol. The summed E-state index contributed by atoms with van der Waals surface area (Å²) in [7, 11) is 3.42. The second kappa shape index (κ2) is 12.4. The zero-order valence-corrected chi connectivity index (χ0v) is 30.9. The van der Waals surface area contributed by atoms with E-state index in [9.17, 15) is 0 Å². The fourth-order valence-corrected chi connectivity index (χ4v) is 11.5. The Morgan fingerprint density at radius 1 is 0.481 bits per heavy atom. The third-order valence-electron chi connectivity index (χ3n) is 10.2.